The smallest absolute Gasteiger partial charge is 0.303 e. The van der Waals surface area contributed by atoms with Gasteiger partial charge in [0.1, 0.15) is 18.3 Å². The zero-order valence-corrected chi connectivity index (χ0v) is 8.26. The molecule has 0 aliphatic carbocycles. The Kier molecular flexibility index (Phi) is 2.71. The standard InChI is InChI=1S/C9H14O5/c1-5(10)14-7-4-13-8-6(11-2)3-12-9(7)8/h6-9H,3-4H2,1-2H3. The van der Waals surface area contributed by atoms with E-state index in [1.807, 2.05) is 0 Å². The van der Waals surface area contributed by atoms with Gasteiger partial charge in [0.15, 0.2) is 6.10 Å². The van der Waals surface area contributed by atoms with Crippen molar-refractivity contribution in [3.05, 3.63) is 0 Å². The third-order valence-corrected chi connectivity index (χ3v) is 2.58. The van der Waals surface area contributed by atoms with Crippen LogP contribution in [-0.4, -0.2) is 50.7 Å². The molecule has 2 aliphatic heterocycles. The molecule has 0 aromatic rings. The van der Waals surface area contributed by atoms with Crippen LogP contribution in [0.25, 0.3) is 0 Å². The molecule has 0 radical (unpaired) electrons. The fourth-order valence-corrected chi connectivity index (χ4v) is 1.95. The van der Waals surface area contributed by atoms with Gasteiger partial charge in [0.25, 0.3) is 0 Å². The van der Waals surface area contributed by atoms with Crippen molar-refractivity contribution in [3.8, 4) is 0 Å². The average Bonchev–Trinajstić information content (AvgIpc) is 2.67. The predicted molar refractivity (Wildman–Crippen MR) is 45.8 cm³/mol. The number of carbonyl (C=O) groups is 1. The van der Waals surface area contributed by atoms with Gasteiger partial charge >= 0.3 is 5.97 Å². The van der Waals surface area contributed by atoms with Crippen LogP contribution in [0.1, 0.15) is 6.92 Å². The fraction of sp³-hybridized carbons (Fsp3) is 0.889. The second-order valence-electron chi connectivity index (χ2n) is 3.52. The number of hydrogen-bond donors (Lipinski definition) is 0. The summed E-state index contributed by atoms with van der Waals surface area (Å²) in [5.74, 6) is -0.302. The highest BCUT2D eigenvalue weighted by atomic mass is 16.6. The van der Waals surface area contributed by atoms with Gasteiger partial charge < -0.3 is 18.9 Å². The van der Waals surface area contributed by atoms with Crippen LogP contribution in [0.15, 0.2) is 0 Å². The van der Waals surface area contributed by atoms with E-state index in [1.165, 1.54) is 6.92 Å². The third kappa shape index (κ3) is 1.63. The van der Waals surface area contributed by atoms with Gasteiger partial charge in [-0.1, -0.05) is 0 Å². The monoisotopic (exact) mass is 202 g/mol. The molecule has 0 aromatic carbocycles. The fourth-order valence-electron chi connectivity index (χ4n) is 1.95. The lowest BCUT2D eigenvalue weighted by molar-refractivity contribution is -0.151. The minimum Gasteiger partial charge on any atom is -0.457 e. The molecule has 2 aliphatic rings. The first-order chi connectivity index (χ1) is 6.72. The molecule has 4 unspecified atom stereocenters. The number of hydrogen-bond acceptors (Lipinski definition) is 5. The first-order valence-corrected chi connectivity index (χ1v) is 4.65. The summed E-state index contributed by atoms with van der Waals surface area (Å²) >= 11 is 0. The molecule has 0 saturated carbocycles. The second kappa shape index (κ2) is 3.84. The molecule has 5 heteroatoms. The maximum Gasteiger partial charge on any atom is 0.303 e. The van der Waals surface area contributed by atoms with Gasteiger partial charge in [-0.15, -0.1) is 0 Å². The van der Waals surface area contributed by atoms with E-state index in [0.717, 1.165) is 0 Å². The SMILES string of the molecule is COC1COC2C(OC(C)=O)COC12. The zero-order chi connectivity index (χ0) is 10.1. The molecule has 80 valence electrons. The second-order valence-corrected chi connectivity index (χ2v) is 3.52. The van der Waals surface area contributed by atoms with Crippen LogP contribution in [-0.2, 0) is 23.7 Å². The molecule has 2 heterocycles. The Hall–Kier alpha value is -0.650. The highest BCUT2D eigenvalue weighted by molar-refractivity contribution is 5.66. The van der Waals surface area contributed by atoms with Crippen LogP contribution in [0, 0.1) is 0 Å². The Morgan fingerprint density at radius 2 is 1.79 bits per heavy atom. The lowest BCUT2D eigenvalue weighted by Gasteiger charge is -2.15. The number of methoxy groups -OCH3 is 1. The van der Waals surface area contributed by atoms with Crippen molar-refractivity contribution in [1.82, 2.24) is 0 Å². The highest BCUT2D eigenvalue weighted by Crippen LogP contribution is 2.30. The Morgan fingerprint density at radius 3 is 2.36 bits per heavy atom. The molecule has 2 fully saturated rings. The van der Waals surface area contributed by atoms with Crippen molar-refractivity contribution in [2.45, 2.75) is 31.3 Å². The van der Waals surface area contributed by atoms with E-state index < -0.39 is 0 Å². The lowest BCUT2D eigenvalue weighted by atomic mass is 10.1. The van der Waals surface area contributed by atoms with E-state index >= 15 is 0 Å². The first-order valence-electron chi connectivity index (χ1n) is 4.65. The number of carbonyl (C=O) groups excluding carboxylic acids is 1. The topological polar surface area (TPSA) is 54.0 Å². The maximum absolute atomic E-state index is 10.8. The quantitative estimate of drug-likeness (QED) is 0.577. The van der Waals surface area contributed by atoms with Crippen molar-refractivity contribution < 1.29 is 23.7 Å². The maximum atomic E-state index is 10.8. The predicted octanol–water partition coefficient (Wildman–Crippen LogP) is -0.269. The van der Waals surface area contributed by atoms with E-state index in [2.05, 4.69) is 0 Å². The van der Waals surface area contributed by atoms with Crippen molar-refractivity contribution in [2.24, 2.45) is 0 Å². The van der Waals surface area contributed by atoms with Crippen LogP contribution < -0.4 is 0 Å². The van der Waals surface area contributed by atoms with Gasteiger partial charge in [0.05, 0.1) is 13.2 Å². The molecule has 5 nitrogen and oxygen atoms in total. The van der Waals surface area contributed by atoms with Crippen LogP contribution in [0.3, 0.4) is 0 Å². The first kappa shape index (κ1) is 9.89. The number of rotatable bonds is 2. The van der Waals surface area contributed by atoms with E-state index in [1.54, 1.807) is 7.11 Å². The Bertz CT molecular complexity index is 229. The molecule has 0 amide bonds. The van der Waals surface area contributed by atoms with E-state index in [4.69, 9.17) is 18.9 Å². The molecular weight excluding hydrogens is 188 g/mol. The van der Waals surface area contributed by atoms with Crippen molar-refractivity contribution in [3.63, 3.8) is 0 Å². The minimum absolute atomic E-state index is 0.0411. The molecule has 4 atom stereocenters. The summed E-state index contributed by atoms with van der Waals surface area (Å²) < 4.78 is 21.2. The Labute approximate surface area is 82.3 Å². The summed E-state index contributed by atoms with van der Waals surface area (Å²) in [5, 5.41) is 0. The summed E-state index contributed by atoms with van der Waals surface area (Å²) in [6, 6.07) is 0. The Balaban J connectivity index is 1.97. The van der Waals surface area contributed by atoms with Crippen LogP contribution >= 0.6 is 0 Å². The van der Waals surface area contributed by atoms with E-state index in [-0.39, 0.29) is 30.4 Å². The van der Waals surface area contributed by atoms with Crippen LogP contribution in [0.5, 0.6) is 0 Å². The van der Waals surface area contributed by atoms with Gasteiger partial charge in [0, 0.05) is 14.0 Å². The summed E-state index contributed by atoms with van der Waals surface area (Å²) in [5.41, 5.74) is 0. The van der Waals surface area contributed by atoms with Crippen molar-refractivity contribution in [2.75, 3.05) is 20.3 Å². The van der Waals surface area contributed by atoms with Crippen LogP contribution in [0.2, 0.25) is 0 Å². The van der Waals surface area contributed by atoms with Gasteiger partial charge in [0.2, 0.25) is 0 Å². The molecule has 0 N–H and O–H groups in total. The highest BCUT2D eigenvalue weighted by Gasteiger charge is 2.49. The molecule has 0 aromatic heterocycles. The van der Waals surface area contributed by atoms with Crippen LogP contribution in [0.4, 0.5) is 0 Å². The number of fused-ring (bicyclic) bond motifs is 1. The number of esters is 1. The van der Waals surface area contributed by atoms with E-state index in [9.17, 15) is 4.79 Å². The van der Waals surface area contributed by atoms with Crippen molar-refractivity contribution >= 4 is 5.97 Å². The Morgan fingerprint density at radius 1 is 1.21 bits per heavy atom. The minimum atomic E-state index is -0.302. The van der Waals surface area contributed by atoms with E-state index in [0.29, 0.717) is 13.2 Å². The lowest BCUT2D eigenvalue weighted by Crippen LogP contribution is -2.34. The summed E-state index contributed by atoms with van der Waals surface area (Å²) in [6.07, 6.45) is -0.577. The molecule has 14 heavy (non-hydrogen) atoms. The molecule has 2 saturated heterocycles. The van der Waals surface area contributed by atoms with Gasteiger partial charge in [-0.05, 0) is 0 Å². The third-order valence-electron chi connectivity index (χ3n) is 2.58. The zero-order valence-electron chi connectivity index (χ0n) is 8.26. The number of ether oxygens (including phenoxy) is 4. The van der Waals surface area contributed by atoms with Gasteiger partial charge in [-0.3, -0.25) is 4.79 Å². The molecular formula is C9H14O5. The molecule has 0 bridgehead atoms. The summed E-state index contributed by atoms with van der Waals surface area (Å²) in [7, 11) is 1.62. The normalized spacial score (nSPS) is 41.0. The van der Waals surface area contributed by atoms with Gasteiger partial charge in [-0.25, -0.2) is 0 Å². The largest absolute Gasteiger partial charge is 0.457 e. The summed E-state index contributed by atoms with van der Waals surface area (Å²) in [4.78, 5) is 10.8. The van der Waals surface area contributed by atoms with Gasteiger partial charge in [-0.2, -0.15) is 0 Å². The average molecular weight is 202 g/mol. The molecule has 0 spiro atoms. The molecule has 2 rings (SSSR count). The van der Waals surface area contributed by atoms with Crippen molar-refractivity contribution in [1.29, 1.82) is 0 Å². The summed E-state index contributed by atoms with van der Waals surface area (Å²) in [6.45, 7) is 2.29.